The van der Waals surface area contributed by atoms with Crippen molar-refractivity contribution in [3.05, 3.63) is 29.8 Å². The summed E-state index contributed by atoms with van der Waals surface area (Å²) < 4.78 is 26.1. The van der Waals surface area contributed by atoms with E-state index in [1.54, 1.807) is 0 Å². The zero-order valence-electron chi connectivity index (χ0n) is 8.09. The van der Waals surface area contributed by atoms with Crippen molar-refractivity contribution in [1.29, 1.82) is 0 Å². The number of anilines is 1. The van der Waals surface area contributed by atoms with Gasteiger partial charge in [0, 0.05) is 0 Å². The fourth-order valence-electron chi connectivity index (χ4n) is 1.47. The fourth-order valence-corrected chi connectivity index (χ4v) is 1.47. The van der Waals surface area contributed by atoms with Crippen LogP contribution in [0.4, 0.5) is 14.5 Å². The SMILES string of the molecule is O=C1CC(Nc2cccc(F)c2F)C(=O)N1. The molecule has 84 valence electrons. The maximum atomic E-state index is 13.2. The lowest BCUT2D eigenvalue weighted by Gasteiger charge is -2.11. The topological polar surface area (TPSA) is 58.2 Å². The van der Waals surface area contributed by atoms with Crippen LogP contribution in [-0.4, -0.2) is 17.9 Å². The summed E-state index contributed by atoms with van der Waals surface area (Å²) in [5, 5.41) is 4.55. The molecule has 0 spiro atoms. The molecule has 1 aromatic rings. The van der Waals surface area contributed by atoms with Crippen LogP contribution in [0.3, 0.4) is 0 Å². The summed E-state index contributed by atoms with van der Waals surface area (Å²) in [6.45, 7) is 0. The smallest absolute Gasteiger partial charge is 0.249 e. The molecule has 4 nitrogen and oxygen atoms in total. The van der Waals surface area contributed by atoms with Gasteiger partial charge in [0.15, 0.2) is 11.6 Å². The highest BCUT2D eigenvalue weighted by molar-refractivity contribution is 6.06. The molecule has 1 saturated heterocycles. The molecule has 1 unspecified atom stereocenters. The van der Waals surface area contributed by atoms with Crippen molar-refractivity contribution >= 4 is 17.5 Å². The van der Waals surface area contributed by atoms with Crippen LogP contribution in [0.2, 0.25) is 0 Å². The maximum absolute atomic E-state index is 13.2. The van der Waals surface area contributed by atoms with E-state index in [1.165, 1.54) is 12.1 Å². The first-order valence-corrected chi connectivity index (χ1v) is 4.62. The lowest BCUT2D eigenvalue weighted by atomic mass is 10.2. The average molecular weight is 226 g/mol. The molecule has 6 heteroatoms. The highest BCUT2D eigenvalue weighted by Crippen LogP contribution is 2.19. The molecule has 0 bridgehead atoms. The lowest BCUT2D eigenvalue weighted by molar-refractivity contribution is -0.124. The van der Waals surface area contributed by atoms with Crippen molar-refractivity contribution in [2.75, 3.05) is 5.32 Å². The quantitative estimate of drug-likeness (QED) is 0.733. The van der Waals surface area contributed by atoms with E-state index < -0.39 is 29.5 Å². The molecular weight excluding hydrogens is 218 g/mol. The third-order valence-electron chi connectivity index (χ3n) is 2.25. The first-order valence-electron chi connectivity index (χ1n) is 4.62. The Kier molecular flexibility index (Phi) is 2.55. The van der Waals surface area contributed by atoms with Crippen molar-refractivity contribution < 1.29 is 18.4 Å². The summed E-state index contributed by atoms with van der Waals surface area (Å²) >= 11 is 0. The third kappa shape index (κ3) is 1.86. The third-order valence-corrected chi connectivity index (χ3v) is 2.25. The summed E-state index contributed by atoms with van der Waals surface area (Å²) in [5.74, 6) is -3.03. The molecular formula is C10H8F2N2O2. The van der Waals surface area contributed by atoms with Crippen molar-refractivity contribution in [2.24, 2.45) is 0 Å². The minimum absolute atomic E-state index is 0.0746. The number of carbonyl (C=O) groups is 2. The zero-order valence-corrected chi connectivity index (χ0v) is 8.09. The van der Waals surface area contributed by atoms with Gasteiger partial charge in [-0.3, -0.25) is 14.9 Å². The Morgan fingerprint density at radius 2 is 2.06 bits per heavy atom. The second-order valence-corrected chi connectivity index (χ2v) is 3.41. The molecule has 1 aromatic carbocycles. The molecule has 0 aliphatic carbocycles. The predicted octanol–water partition coefficient (Wildman–Crippen LogP) is 0.792. The van der Waals surface area contributed by atoms with Crippen molar-refractivity contribution in [3.63, 3.8) is 0 Å². The number of benzene rings is 1. The van der Waals surface area contributed by atoms with Crippen molar-refractivity contribution in [3.8, 4) is 0 Å². The van der Waals surface area contributed by atoms with E-state index in [0.717, 1.165) is 6.07 Å². The van der Waals surface area contributed by atoms with E-state index in [0.29, 0.717) is 0 Å². The molecule has 0 saturated carbocycles. The van der Waals surface area contributed by atoms with E-state index in [-0.39, 0.29) is 12.1 Å². The van der Waals surface area contributed by atoms with Gasteiger partial charge in [0.05, 0.1) is 12.1 Å². The molecule has 1 atom stereocenters. The van der Waals surface area contributed by atoms with Crippen molar-refractivity contribution in [1.82, 2.24) is 5.32 Å². The second-order valence-electron chi connectivity index (χ2n) is 3.41. The predicted molar refractivity (Wildman–Crippen MR) is 51.5 cm³/mol. The second kappa shape index (κ2) is 3.88. The van der Waals surface area contributed by atoms with Gasteiger partial charge < -0.3 is 5.32 Å². The highest BCUT2D eigenvalue weighted by Gasteiger charge is 2.31. The molecule has 2 N–H and O–H groups in total. The molecule has 2 amide bonds. The number of amides is 2. The minimum atomic E-state index is -1.06. The Morgan fingerprint density at radius 1 is 1.31 bits per heavy atom. The van der Waals surface area contributed by atoms with Gasteiger partial charge in [-0.05, 0) is 12.1 Å². The number of hydrogen-bond donors (Lipinski definition) is 2. The van der Waals surface area contributed by atoms with Gasteiger partial charge in [-0.15, -0.1) is 0 Å². The number of nitrogens with one attached hydrogen (secondary N) is 2. The normalized spacial score (nSPS) is 19.8. The van der Waals surface area contributed by atoms with Crippen LogP contribution in [0.25, 0.3) is 0 Å². The lowest BCUT2D eigenvalue weighted by Crippen LogP contribution is -2.30. The summed E-state index contributed by atoms with van der Waals surface area (Å²) in [4.78, 5) is 22.0. The van der Waals surface area contributed by atoms with E-state index in [2.05, 4.69) is 10.6 Å². The molecule has 0 radical (unpaired) electrons. The van der Waals surface area contributed by atoms with E-state index in [4.69, 9.17) is 0 Å². The van der Waals surface area contributed by atoms with Gasteiger partial charge in [-0.1, -0.05) is 6.07 Å². The number of hydrogen-bond acceptors (Lipinski definition) is 3. The first-order chi connectivity index (χ1) is 7.58. The Morgan fingerprint density at radius 3 is 2.69 bits per heavy atom. The molecule has 1 heterocycles. The van der Waals surface area contributed by atoms with Gasteiger partial charge in [-0.25, -0.2) is 8.78 Å². The number of rotatable bonds is 2. The number of halogens is 2. The average Bonchev–Trinajstić information content (AvgIpc) is 2.53. The van der Waals surface area contributed by atoms with Gasteiger partial charge in [0.25, 0.3) is 0 Å². The van der Waals surface area contributed by atoms with Crippen molar-refractivity contribution in [2.45, 2.75) is 12.5 Å². The standard InChI is InChI=1S/C10H8F2N2O2/c11-5-2-1-3-6(9(5)12)13-7-4-8(15)14-10(7)16/h1-3,7,13H,4H2,(H,14,15,16). The van der Waals surface area contributed by atoms with Gasteiger partial charge in [-0.2, -0.15) is 0 Å². The molecule has 1 fully saturated rings. The Labute approximate surface area is 89.6 Å². The monoisotopic (exact) mass is 226 g/mol. The summed E-state index contributed by atoms with van der Waals surface area (Å²) in [6, 6.07) is 2.74. The molecule has 16 heavy (non-hydrogen) atoms. The van der Waals surface area contributed by atoms with Crippen LogP contribution in [0.5, 0.6) is 0 Å². The molecule has 1 aliphatic rings. The van der Waals surface area contributed by atoms with Crippen LogP contribution in [0, 0.1) is 11.6 Å². The summed E-state index contributed by atoms with van der Waals surface area (Å²) in [7, 11) is 0. The van der Waals surface area contributed by atoms with Crippen LogP contribution < -0.4 is 10.6 Å². The fraction of sp³-hybridized carbons (Fsp3) is 0.200. The zero-order chi connectivity index (χ0) is 11.7. The van der Waals surface area contributed by atoms with Crippen LogP contribution in [-0.2, 0) is 9.59 Å². The summed E-state index contributed by atoms with van der Waals surface area (Å²) in [6.07, 6.45) is -0.0746. The molecule has 1 aliphatic heterocycles. The highest BCUT2D eigenvalue weighted by atomic mass is 19.2. The van der Waals surface area contributed by atoms with Crippen LogP contribution >= 0.6 is 0 Å². The van der Waals surface area contributed by atoms with Crippen LogP contribution in [0.1, 0.15) is 6.42 Å². The van der Waals surface area contributed by atoms with Crippen LogP contribution in [0.15, 0.2) is 18.2 Å². The molecule has 0 aromatic heterocycles. The number of imide groups is 1. The van der Waals surface area contributed by atoms with Gasteiger partial charge in [0.1, 0.15) is 6.04 Å². The number of carbonyl (C=O) groups excluding carboxylic acids is 2. The first kappa shape index (κ1) is 10.5. The van der Waals surface area contributed by atoms with E-state index in [1.807, 2.05) is 0 Å². The van der Waals surface area contributed by atoms with Gasteiger partial charge in [0.2, 0.25) is 11.8 Å². The Balaban J connectivity index is 2.18. The summed E-state index contributed by atoms with van der Waals surface area (Å²) in [5.41, 5.74) is -0.130. The Bertz CT molecular complexity index is 462. The largest absolute Gasteiger partial charge is 0.371 e. The van der Waals surface area contributed by atoms with E-state index in [9.17, 15) is 18.4 Å². The Hall–Kier alpha value is -1.98. The molecule has 2 rings (SSSR count). The van der Waals surface area contributed by atoms with Gasteiger partial charge >= 0.3 is 0 Å². The van der Waals surface area contributed by atoms with E-state index >= 15 is 0 Å². The maximum Gasteiger partial charge on any atom is 0.249 e. The minimum Gasteiger partial charge on any atom is -0.371 e.